The van der Waals surface area contributed by atoms with E-state index in [1.807, 2.05) is 29.5 Å². The standard InChI is InChI=1S/C45H28N4OS/c1-2-13-27(14-3-1)43-46-44(48-45(47-43)49-35-22-7-4-15-28(35)29-16-5-8-23-36(29)49)34-21-10-20-33-40-30(18-11-24-37(40)50-42(33)34)31-19-12-26-39-41(31)32-17-6-9-25-38(32)51-39/h1-26,45H,(H,46,47,48). The van der Waals surface area contributed by atoms with Crippen molar-refractivity contribution in [1.29, 1.82) is 0 Å². The normalized spacial score (nSPS) is 14.9. The molecule has 7 aromatic carbocycles. The minimum Gasteiger partial charge on any atom is -0.455 e. The number of hydrogen-bond acceptors (Lipinski definition) is 5. The highest BCUT2D eigenvalue weighted by Crippen LogP contribution is 2.44. The number of hydrogen-bond donors (Lipinski definition) is 1. The van der Waals surface area contributed by atoms with Gasteiger partial charge in [-0.2, -0.15) is 0 Å². The Bertz CT molecular complexity index is 3020. The Morgan fingerprint density at radius 1 is 0.529 bits per heavy atom. The van der Waals surface area contributed by atoms with Crippen LogP contribution in [0.2, 0.25) is 0 Å². The molecule has 0 saturated carbocycles. The van der Waals surface area contributed by atoms with Crippen LogP contribution in [0.25, 0.3) is 75.0 Å². The first-order chi connectivity index (χ1) is 25.3. The zero-order valence-corrected chi connectivity index (χ0v) is 28.1. The second-order valence-corrected chi connectivity index (χ2v) is 14.0. The number of furan rings is 1. The van der Waals surface area contributed by atoms with E-state index in [4.69, 9.17) is 14.4 Å². The van der Waals surface area contributed by atoms with Gasteiger partial charge in [0.15, 0.2) is 5.84 Å². The van der Waals surface area contributed by atoms with E-state index >= 15 is 0 Å². The third kappa shape index (κ3) is 4.27. The molecule has 1 aliphatic heterocycles. The van der Waals surface area contributed by atoms with Gasteiger partial charge in [0.1, 0.15) is 17.0 Å². The van der Waals surface area contributed by atoms with E-state index in [9.17, 15) is 0 Å². The summed E-state index contributed by atoms with van der Waals surface area (Å²) in [6.07, 6.45) is -0.447. The van der Waals surface area contributed by atoms with Crippen molar-refractivity contribution in [3.05, 3.63) is 169 Å². The van der Waals surface area contributed by atoms with Crippen LogP contribution >= 0.6 is 11.3 Å². The molecular weight excluding hydrogens is 645 g/mol. The zero-order valence-electron chi connectivity index (χ0n) is 27.2. The van der Waals surface area contributed by atoms with Crippen molar-refractivity contribution in [1.82, 2.24) is 9.88 Å². The smallest absolute Gasteiger partial charge is 0.204 e. The lowest BCUT2D eigenvalue weighted by molar-refractivity contribution is 0.515. The lowest BCUT2D eigenvalue weighted by atomic mass is 9.95. The van der Waals surface area contributed by atoms with Gasteiger partial charge in [-0.1, -0.05) is 121 Å². The zero-order chi connectivity index (χ0) is 33.5. The van der Waals surface area contributed by atoms with Crippen LogP contribution in [0, 0.1) is 0 Å². The molecule has 0 aliphatic carbocycles. The Morgan fingerprint density at radius 3 is 1.94 bits per heavy atom. The molecular formula is C45H28N4OS. The lowest BCUT2D eigenvalue weighted by Gasteiger charge is -2.25. The number of nitrogens with one attached hydrogen (secondary N) is 1. The number of thiophene rings is 1. The van der Waals surface area contributed by atoms with Gasteiger partial charge in [0, 0.05) is 47.3 Å². The van der Waals surface area contributed by atoms with Gasteiger partial charge in [-0.25, -0.2) is 9.98 Å². The van der Waals surface area contributed by atoms with Crippen molar-refractivity contribution in [3.63, 3.8) is 0 Å². The summed E-state index contributed by atoms with van der Waals surface area (Å²) in [5, 5.41) is 10.8. The van der Waals surface area contributed by atoms with Gasteiger partial charge in [0.25, 0.3) is 0 Å². The molecule has 6 heteroatoms. The molecule has 240 valence electrons. The summed E-state index contributed by atoms with van der Waals surface area (Å²) in [6.45, 7) is 0. The predicted octanol–water partition coefficient (Wildman–Crippen LogP) is 11.7. The molecule has 0 amide bonds. The monoisotopic (exact) mass is 672 g/mol. The summed E-state index contributed by atoms with van der Waals surface area (Å²) >= 11 is 1.84. The molecule has 1 unspecified atom stereocenters. The van der Waals surface area contributed by atoms with Gasteiger partial charge in [0.2, 0.25) is 6.29 Å². The maximum absolute atomic E-state index is 6.81. The molecule has 51 heavy (non-hydrogen) atoms. The van der Waals surface area contributed by atoms with Crippen molar-refractivity contribution >= 4 is 86.9 Å². The largest absolute Gasteiger partial charge is 0.455 e. The molecule has 0 fully saturated rings. The average molecular weight is 673 g/mol. The maximum Gasteiger partial charge on any atom is 0.204 e. The first-order valence-corrected chi connectivity index (χ1v) is 17.9. The van der Waals surface area contributed by atoms with Crippen LogP contribution in [0.15, 0.2) is 172 Å². The molecule has 4 heterocycles. The molecule has 3 aromatic heterocycles. The fraction of sp³-hybridized carbons (Fsp3) is 0.0222. The summed E-state index contributed by atoms with van der Waals surface area (Å²) in [6, 6.07) is 55.4. The lowest BCUT2D eigenvalue weighted by Crippen LogP contribution is -2.36. The van der Waals surface area contributed by atoms with Gasteiger partial charge in [-0.3, -0.25) is 0 Å². The topological polar surface area (TPSA) is 54.8 Å². The van der Waals surface area contributed by atoms with E-state index in [1.165, 1.54) is 36.5 Å². The molecule has 11 rings (SSSR count). The predicted molar refractivity (Wildman–Crippen MR) is 213 cm³/mol. The van der Waals surface area contributed by atoms with Gasteiger partial charge in [-0.05, 0) is 47.5 Å². The van der Waals surface area contributed by atoms with Gasteiger partial charge >= 0.3 is 0 Å². The van der Waals surface area contributed by atoms with Gasteiger partial charge in [0.05, 0.1) is 16.6 Å². The van der Waals surface area contributed by atoms with E-state index < -0.39 is 6.29 Å². The molecule has 1 N–H and O–H groups in total. The van der Waals surface area contributed by atoms with E-state index in [0.717, 1.165) is 55.5 Å². The number of para-hydroxylation sites is 3. The van der Waals surface area contributed by atoms with Crippen LogP contribution in [-0.2, 0) is 0 Å². The van der Waals surface area contributed by atoms with Crippen molar-refractivity contribution in [2.75, 3.05) is 0 Å². The van der Waals surface area contributed by atoms with Crippen molar-refractivity contribution in [2.45, 2.75) is 6.29 Å². The molecule has 1 aliphatic rings. The SMILES string of the molecule is c1ccc(C2=NC(c3cccc4c3oc3cccc(-c5cccc6sc7ccccc7c56)c34)=NC(n3c4ccccc4c4ccccc43)N2)cc1. The van der Waals surface area contributed by atoms with Crippen LogP contribution < -0.4 is 5.32 Å². The summed E-state index contributed by atoms with van der Waals surface area (Å²) in [5.74, 6) is 1.38. The van der Waals surface area contributed by atoms with Crippen molar-refractivity contribution in [2.24, 2.45) is 9.98 Å². The molecule has 0 saturated heterocycles. The molecule has 10 aromatic rings. The maximum atomic E-state index is 6.81. The number of amidine groups is 2. The van der Waals surface area contributed by atoms with Gasteiger partial charge < -0.3 is 14.3 Å². The van der Waals surface area contributed by atoms with Crippen molar-refractivity contribution in [3.8, 4) is 11.1 Å². The highest BCUT2D eigenvalue weighted by molar-refractivity contribution is 7.25. The first kappa shape index (κ1) is 28.3. The summed E-state index contributed by atoms with van der Waals surface area (Å²) in [4.78, 5) is 10.6. The Labute approximate surface area is 296 Å². The van der Waals surface area contributed by atoms with Crippen LogP contribution in [0.4, 0.5) is 0 Å². The number of aromatic nitrogens is 1. The average Bonchev–Trinajstić information content (AvgIpc) is 3.88. The Hall–Kier alpha value is -6.50. The van der Waals surface area contributed by atoms with Crippen LogP contribution in [0.5, 0.6) is 0 Å². The fourth-order valence-electron chi connectivity index (χ4n) is 7.90. The van der Waals surface area contributed by atoms with E-state index in [0.29, 0.717) is 5.84 Å². The molecule has 0 radical (unpaired) electrons. The van der Waals surface area contributed by atoms with Crippen LogP contribution in [0.3, 0.4) is 0 Å². The summed E-state index contributed by atoms with van der Waals surface area (Å²) in [7, 11) is 0. The molecule has 5 nitrogen and oxygen atoms in total. The van der Waals surface area contributed by atoms with Gasteiger partial charge in [-0.15, -0.1) is 11.3 Å². The number of rotatable bonds is 4. The van der Waals surface area contributed by atoms with Crippen LogP contribution in [-0.4, -0.2) is 16.2 Å². The van der Waals surface area contributed by atoms with E-state index in [-0.39, 0.29) is 0 Å². The highest BCUT2D eigenvalue weighted by atomic mass is 32.1. The number of aliphatic imine (C=N–C) groups is 2. The second-order valence-electron chi connectivity index (χ2n) is 12.9. The number of fused-ring (bicyclic) bond motifs is 9. The Balaban J connectivity index is 1.15. The third-order valence-corrected chi connectivity index (χ3v) is 11.2. The fourth-order valence-corrected chi connectivity index (χ4v) is 9.03. The van der Waals surface area contributed by atoms with Crippen LogP contribution in [0.1, 0.15) is 17.4 Å². The third-order valence-electron chi connectivity index (χ3n) is 10.1. The molecule has 0 bridgehead atoms. The molecule has 1 atom stereocenters. The molecule has 0 spiro atoms. The Kier molecular flexibility index (Phi) is 6.12. The van der Waals surface area contributed by atoms with E-state index in [2.05, 4.69) is 149 Å². The summed E-state index contributed by atoms with van der Waals surface area (Å²) < 4.78 is 11.7. The van der Waals surface area contributed by atoms with Crippen molar-refractivity contribution < 1.29 is 4.42 Å². The number of nitrogens with zero attached hydrogens (tertiary/aromatic N) is 3. The highest BCUT2D eigenvalue weighted by Gasteiger charge is 2.26. The summed E-state index contributed by atoms with van der Waals surface area (Å²) in [5.41, 5.74) is 8.04. The number of benzene rings is 7. The quantitative estimate of drug-likeness (QED) is 0.202. The Morgan fingerprint density at radius 2 is 1.14 bits per heavy atom. The minimum absolute atomic E-state index is 0.447. The minimum atomic E-state index is -0.447. The van der Waals surface area contributed by atoms with E-state index in [1.54, 1.807) is 0 Å². The second kappa shape index (κ2) is 11.0. The first-order valence-electron chi connectivity index (χ1n) is 17.1.